The zero-order chi connectivity index (χ0) is 14.7. The molecule has 2 heterocycles. The minimum Gasteiger partial charge on any atom is -0.337 e. The van der Waals surface area contributed by atoms with Gasteiger partial charge in [0.1, 0.15) is 11.4 Å². The van der Waals surface area contributed by atoms with Gasteiger partial charge in [0.25, 0.3) is 0 Å². The Morgan fingerprint density at radius 3 is 2.75 bits per heavy atom. The van der Waals surface area contributed by atoms with E-state index >= 15 is 0 Å². The monoisotopic (exact) mass is 280 g/mol. The summed E-state index contributed by atoms with van der Waals surface area (Å²) in [6, 6.07) is 0.293. The molecule has 0 aliphatic carbocycles. The third-order valence-corrected chi connectivity index (χ3v) is 3.81. The van der Waals surface area contributed by atoms with E-state index in [0.29, 0.717) is 23.3 Å². The van der Waals surface area contributed by atoms with E-state index in [1.54, 1.807) is 0 Å². The highest BCUT2D eigenvalue weighted by atomic mass is 16.6. The molecule has 0 spiro atoms. The van der Waals surface area contributed by atoms with Crippen LogP contribution in [0.1, 0.15) is 31.7 Å². The van der Waals surface area contributed by atoms with Gasteiger partial charge in [-0.15, -0.1) is 0 Å². The van der Waals surface area contributed by atoms with Crippen LogP contribution < -0.4 is 0 Å². The van der Waals surface area contributed by atoms with Crippen LogP contribution in [0, 0.1) is 12.8 Å². The second-order valence-electron chi connectivity index (χ2n) is 6.11. The van der Waals surface area contributed by atoms with E-state index in [9.17, 15) is 4.79 Å². The van der Waals surface area contributed by atoms with Crippen molar-refractivity contribution in [3.63, 3.8) is 0 Å². The lowest BCUT2D eigenvalue weighted by atomic mass is 9.99. The Kier molecular flexibility index (Phi) is 4.75. The van der Waals surface area contributed by atoms with Crippen molar-refractivity contribution >= 4 is 5.91 Å². The van der Waals surface area contributed by atoms with Crippen molar-refractivity contribution in [2.75, 3.05) is 26.7 Å². The predicted molar refractivity (Wildman–Crippen MR) is 75.2 cm³/mol. The van der Waals surface area contributed by atoms with E-state index in [-0.39, 0.29) is 12.3 Å². The molecule has 1 saturated heterocycles. The summed E-state index contributed by atoms with van der Waals surface area (Å²) in [6.07, 6.45) is 1.32. The lowest BCUT2D eigenvalue weighted by Gasteiger charge is -2.41. The van der Waals surface area contributed by atoms with Crippen LogP contribution in [0.2, 0.25) is 0 Å². The van der Waals surface area contributed by atoms with E-state index in [1.807, 2.05) is 11.8 Å². The fourth-order valence-electron chi connectivity index (χ4n) is 2.74. The van der Waals surface area contributed by atoms with E-state index in [0.717, 1.165) is 26.1 Å². The van der Waals surface area contributed by atoms with Crippen LogP contribution in [0.15, 0.2) is 4.63 Å². The molecule has 1 aromatic heterocycles. The predicted octanol–water partition coefficient (Wildman–Crippen LogP) is 1.11. The van der Waals surface area contributed by atoms with Gasteiger partial charge < -0.3 is 9.80 Å². The van der Waals surface area contributed by atoms with Gasteiger partial charge in [0.05, 0.1) is 6.42 Å². The van der Waals surface area contributed by atoms with Crippen LogP contribution in [-0.2, 0) is 11.2 Å². The third kappa shape index (κ3) is 3.56. The van der Waals surface area contributed by atoms with Crippen molar-refractivity contribution in [1.82, 2.24) is 20.1 Å². The molecule has 0 bridgehead atoms. The molecule has 0 N–H and O–H groups in total. The van der Waals surface area contributed by atoms with Gasteiger partial charge in [-0.1, -0.05) is 24.2 Å². The van der Waals surface area contributed by atoms with Gasteiger partial charge in [-0.25, -0.2) is 4.63 Å². The summed E-state index contributed by atoms with van der Waals surface area (Å²) in [5, 5.41) is 7.54. The van der Waals surface area contributed by atoms with Gasteiger partial charge in [-0.05, 0) is 26.3 Å². The smallest absolute Gasteiger partial charge is 0.229 e. The average molecular weight is 280 g/mol. The Hall–Kier alpha value is -1.43. The first-order chi connectivity index (χ1) is 9.47. The second-order valence-corrected chi connectivity index (χ2v) is 6.11. The lowest BCUT2D eigenvalue weighted by Crippen LogP contribution is -2.54. The molecule has 1 unspecified atom stereocenters. The molecular weight excluding hydrogens is 256 g/mol. The maximum absolute atomic E-state index is 12.5. The van der Waals surface area contributed by atoms with Crippen LogP contribution >= 0.6 is 0 Å². The first-order valence-electron chi connectivity index (χ1n) is 7.23. The lowest BCUT2D eigenvalue weighted by molar-refractivity contribution is -0.135. The Morgan fingerprint density at radius 2 is 2.15 bits per heavy atom. The van der Waals surface area contributed by atoms with Gasteiger partial charge in [-0.2, -0.15) is 0 Å². The Balaban J connectivity index is 2.04. The molecule has 112 valence electrons. The zero-order valence-corrected chi connectivity index (χ0v) is 12.8. The minimum absolute atomic E-state index is 0.127. The summed E-state index contributed by atoms with van der Waals surface area (Å²) < 4.78 is 4.66. The molecule has 20 heavy (non-hydrogen) atoms. The van der Waals surface area contributed by atoms with Gasteiger partial charge in [0.2, 0.25) is 5.91 Å². The molecule has 6 nitrogen and oxygen atoms in total. The maximum Gasteiger partial charge on any atom is 0.229 e. The topological polar surface area (TPSA) is 62.5 Å². The Labute approximate surface area is 120 Å². The van der Waals surface area contributed by atoms with Crippen LogP contribution in [0.4, 0.5) is 0 Å². The first-order valence-corrected chi connectivity index (χ1v) is 7.23. The van der Waals surface area contributed by atoms with E-state index in [1.165, 1.54) is 0 Å². The molecule has 0 aromatic carbocycles. The van der Waals surface area contributed by atoms with Crippen molar-refractivity contribution < 1.29 is 9.42 Å². The van der Waals surface area contributed by atoms with E-state index in [2.05, 4.69) is 40.7 Å². The summed E-state index contributed by atoms with van der Waals surface area (Å²) >= 11 is 0. The summed E-state index contributed by atoms with van der Waals surface area (Å²) in [4.78, 5) is 16.8. The highest BCUT2D eigenvalue weighted by molar-refractivity contribution is 5.79. The molecule has 1 aliphatic rings. The molecule has 0 saturated carbocycles. The fraction of sp³-hybridized carbons (Fsp3) is 0.786. The number of carbonyl (C=O) groups excluding carboxylic acids is 1. The number of hydrogen-bond donors (Lipinski definition) is 0. The van der Waals surface area contributed by atoms with Crippen molar-refractivity contribution in [3.8, 4) is 0 Å². The van der Waals surface area contributed by atoms with Gasteiger partial charge in [-0.3, -0.25) is 4.79 Å². The molecule has 1 fully saturated rings. The normalized spacial score (nSPS) is 20.6. The number of piperazine rings is 1. The van der Waals surface area contributed by atoms with Crippen LogP contribution in [0.5, 0.6) is 0 Å². The third-order valence-electron chi connectivity index (χ3n) is 3.81. The van der Waals surface area contributed by atoms with Gasteiger partial charge >= 0.3 is 0 Å². The van der Waals surface area contributed by atoms with Crippen LogP contribution in [-0.4, -0.2) is 58.7 Å². The number of hydrogen-bond acceptors (Lipinski definition) is 5. The summed E-state index contributed by atoms with van der Waals surface area (Å²) in [5.74, 6) is 0.708. The zero-order valence-electron chi connectivity index (χ0n) is 12.8. The highest BCUT2D eigenvalue weighted by Gasteiger charge is 2.30. The van der Waals surface area contributed by atoms with Crippen LogP contribution in [0.3, 0.4) is 0 Å². The molecule has 6 heteroatoms. The van der Waals surface area contributed by atoms with Crippen molar-refractivity contribution in [2.24, 2.45) is 5.92 Å². The molecule has 1 atom stereocenters. The summed E-state index contributed by atoms with van der Waals surface area (Å²) in [5.41, 5.74) is 1.35. The van der Waals surface area contributed by atoms with E-state index in [4.69, 9.17) is 0 Å². The molecule has 1 aromatic rings. The number of aromatic nitrogens is 2. The number of amides is 1. The molecule has 0 radical (unpaired) electrons. The molecular formula is C14H24N4O2. The average Bonchev–Trinajstić information content (AvgIpc) is 2.74. The van der Waals surface area contributed by atoms with Gasteiger partial charge in [0, 0.05) is 25.7 Å². The van der Waals surface area contributed by atoms with Crippen molar-refractivity contribution in [2.45, 2.75) is 39.7 Å². The quantitative estimate of drug-likeness (QED) is 0.826. The van der Waals surface area contributed by atoms with Gasteiger partial charge in [0.15, 0.2) is 0 Å². The summed E-state index contributed by atoms with van der Waals surface area (Å²) in [6.45, 7) is 8.87. The largest absolute Gasteiger partial charge is 0.337 e. The Bertz CT molecular complexity index is 456. The molecule has 1 amide bonds. The SMILES string of the molecule is Cc1nonc1CC(=O)N1CCN(C)CC1CC(C)C. The standard InChI is InChI=1S/C14H24N4O2/c1-10(2)7-12-9-17(4)5-6-18(12)14(19)8-13-11(3)15-20-16-13/h10,12H,5-9H2,1-4H3. The number of rotatable bonds is 4. The maximum atomic E-state index is 12.5. The second kappa shape index (κ2) is 6.35. The highest BCUT2D eigenvalue weighted by Crippen LogP contribution is 2.18. The minimum atomic E-state index is 0.127. The van der Waals surface area contributed by atoms with Crippen molar-refractivity contribution in [1.29, 1.82) is 0 Å². The fourth-order valence-corrected chi connectivity index (χ4v) is 2.74. The molecule has 1 aliphatic heterocycles. The number of carbonyl (C=O) groups is 1. The summed E-state index contributed by atoms with van der Waals surface area (Å²) in [7, 11) is 2.11. The number of aryl methyl sites for hydroxylation is 1. The van der Waals surface area contributed by atoms with Crippen LogP contribution in [0.25, 0.3) is 0 Å². The van der Waals surface area contributed by atoms with Crippen molar-refractivity contribution in [3.05, 3.63) is 11.4 Å². The number of likely N-dealkylation sites (N-methyl/N-ethyl adjacent to an activating group) is 1. The van der Waals surface area contributed by atoms with E-state index < -0.39 is 0 Å². The number of nitrogens with zero attached hydrogens (tertiary/aromatic N) is 4. The first kappa shape index (κ1) is 15.0. The molecule has 2 rings (SSSR count). The Morgan fingerprint density at radius 1 is 1.40 bits per heavy atom.